The molecule has 0 aliphatic rings. The lowest BCUT2D eigenvalue weighted by atomic mass is 10.2. The van der Waals surface area contributed by atoms with Crippen molar-refractivity contribution in [3.63, 3.8) is 0 Å². The molecule has 4 nitrogen and oxygen atoms in total. The molecule has 2 rings (SSSR count). The number of aryl methyl sites for hydroxylation is 1. The molecule has 1 N–H and O–H groups in total. The number of halogens is 3. The van der Waals surface area contributed by atoms with E-state index in [1.165, 1.54) is 35.6 Å². The number of rotatable bonds is 5. The number of ether oxygens (including phenoxy) is 1. The Hall–Kier alpha value is -2.09. The third-order valence-corrected chi connectivity index (χ3v) is 3.55. The molecule has 0 saturated heterocycles. The van der Waals surface area contributed by atoms with E-state index in [-0.39, 0.29) is 11.7 Å². The van der Waals surface area contributed by atoms with Crippen molar-refractivity contribution in [2.24, 2.45) is 0 Å². The highest BCUT2D eigenvalue weighted by Crippen LogP contribution is 2.19. The second-order valence-corrected chi connectivity index (χ2v) is 5.44. The first-order chi connectivity index (χ1) is 10.3. The topological polar surface area (TPSA) is 51.2 Å². The summed E-state index contributed by atoms with van der Waals surface area (Å²) in [5.74, 6) is -0.264. The van der Waals surface area contributed by atoms with Crippen LogP contribution in [0, 0.1) is 6.92 Å². The van der Waals surface area contributed by atoms with Gasteiger partial charge in [-0.25, -0.2) is 4.98 Å². The number of carbonyl (C=O) groups is 1. The first-order valence-corrected chi connectivity index (χ1v) is 7.20. The summed E-state index contributed by atoms with van der Waals surface area (Å²) >= 11 is 1.45. The quantitative estimate of drug-likeness (QED) is 0.915. The molecule has 1 heterocycles. The fraction of sp³-hybridized carbons (Fsp3) is 0.286. The van der Waals surface area contributed by atoms with Gasteiger partial charge < -0.3 is 10.1 Å². The zero-order valence-electron chi connectivity index (χ0n) is 11.6. The molecule has 8 heteroatoms. The molecule has 1 amide bonds. The lowest BCUT2D eigenvalue weighted by molar-refractivity contribution is -0.153. The van der Waals surface area contributed by atoms with Crippen LogP contribution in [0.25, 0.3) is 0 Å². The number of alkyl halides is 3. The summed E-state index contributed by atoms with van der Waals surface area (Å²) in [5.41, 5.74) is 1.23. The second-order valence-electron chi connectivity index (χ2n) is 4.49. The molecule has 0 unspecified atom stereocenters. The SMILES string of the molecule is Cc1csc(CNC(=O)c2ccc(OCC(F)(F)F)cc2)n1. The molecule has 0 saturated carbocycles. The molecule has 0 radical (unpaired) electrons. The maximum atomic E-state index is 12.0. The van der Waals surface area contributed by atoms with Gasteiger partial charge in [-0.2, -0.15) is 13.2 Å². The van der Waals surface area contributed by atoms with E-state index < -0.39 is 12.8 Å². The predicted molar refractivity (Wildman–Crippen MR) is 76.0 cm³/mol. The van der Waals surface area contributed by atoms with Crippen molar-refractivity contribution in [1.82, 2.24) is 10.3 Å². The van der Waals surface area contributed by atoms with Crippen LogP contribution in [0.4, 0.5) is 13.2 Å². The molecule has 1 aromatic heterocycles. The summed E-state index contributed by atoms with van der Waals surface area (Å²) in [4.78, 5) is 16.1. The number of hydrogen-bond donors (Lipinski definition) is 1. The summed E-state index contributed by atoms with van der Waals surface area (Å²) in [6, 6.07) is 5.48. The Bertz CT molecular complexity index is 638. The van der Waals surface area contributed by atoms with Gasteiger partial charge in [0.05, 0.1) is 6.54 Å². The fourth-order valence-corrected chi connectivity index (χ4v) is 2.32. The first-order valence-electron chi connectivity index (χ1n) is 6.32. The zero-order valence-corrected chi connectivity index (χ0v) is 12.4. The number of nitrogens with one attached hydrogen (secondary N) is 1. The van der Waals surface area contributed by atoms with E-state index in [2.05, 4.69) is 15.0 Å². The molecule has 1 aromatic carbocycles. The number of hydrogen-bond acceptors (Lipinski definition) is 4. The fourth-order valence-electron chi connectivity index (χ4n) is 1.61. The molecular weight excluding hydrogens is 317 g/mol. The van der Waals surface area contributed by atoms with Crippen LogP contribution >= 0.6 is 11.3 Å². The molecule has 0 aliphatic heterocycles. The average molecular weight is 330 g/mol. The highest BCUT2D eigenvalue weighted by atomic mass is 32.1. The first kappa shape index (κ1) is 16.3. The summed E-state index contributed by atoms with van der Waals surface area (Å²) in [6.07, 6.45) is -4.39. The van der Waals surface area contributed by atoms with Crippen LogP contribution in [0.1, 0.15) is 21.1 Å². The molecule has 2 aromatic rings. The van der Waals surface area contributed by atoms with Gasteiger partial charge in [0.15, 0.2) is 6.61 Å². The van der Waals surface area contributed by atoms with E-state index in [1.54, 1.807) is 0 Å². The standard InChI is InChI=1S/C14H13F3N2O2S/c1-9-7-22-12(19-9)6-18-13(20)10-2-4-11(5-3-10)21-8-14(15,16)17/h2-5,7H,6,8H2,1H3,(H,18,20). The maximum Gasteiger partial charge on any atom is 0.422 e. The van der Waals surface area contributed by atoms with Crippen molar-refractivity contribution >= 4 is 17.2 Å². The van der Waals surface area contributed by atoms with Gasteiger partial charge in [0.25, 0.3) is 5.91 Å². The van der Waals surface area contributed by atoms with E-state index in [0.717, 1.165) is 10.7 Å². The summed E-state index contributed by atoms with van der Waals surface area (Å²) < 4.78 is 40.6. The van der Waals surface area contributed by atoms with Gasteiger partial charge in [-0.15, -0.1) is 11.3 Å². The van der Waals surface area contributed by atoms with Gasteiger partial charge in [0.2, 0.25) is 0 Å². The monoisotopic (exact) mass is 330 g/mol. The Morgan fingerprint density at radius 2 is 2.00 bits per heavy atom. The van der Waals surface area contributed by atoms with E-state index in [1.807, 2.05) is 12.3 Å². The largest absolute Gasteiger partial charge is 0.484 e. The molecular formula is C14H13F3N2O2S. The number of aromatic nitrogens is 1. The molecule has 0 spiro atoms. The number of amides is 1. The highest BCUT2D eigenvalue weighted by Gasteiger charge is 2.28. The van der Waals surface area contributed by atoms with E-state index in [4.69, 9.17) is 0 Å². The number of thiazole rings is 1. The molecule has 22 heavy (non-hydrogen) atoms. The van der Waals surface area contributed by atoms with Crippen LogP contribution in [0.2, 0.25) is 0 Å². The minimum absolute atomic E-state index is 0.0597. The van der Waals surface area contributed by atoms with Crippen LogP contribution < -0.4 is 10.1 Å². The van der Waals surface area contributed by atoms with Gasteiger partial charge in [-0.1, -0.05) is 0 Å². The highest BCUT2D eigenvalue weighted by molar-refractivity contribution is 7.09. The van der Waals surface area contributed by atoms with E-state index >= 15 is 0 Å². The molecule has 0 bridgehead atoms. The summed E-state index contributed by atoms with van der Waals surface area (Å²) in [7, 11) is 0. The number of carbonyl (C=O) groups excluding carboxylic acids is 1. The Morgan fingerprint density at radius 1 is 1.32 bits per heavy atom. The minimum Gasteiger partial charge on any atom is -0.484 e. The van der Waals surface area contributed by atoms with Crippen molar-refractivity contribution < 1.29 is 22.7 Å². The summed E-state index contributed by atoms with van der Waals surface area (Å²) in [6.45, 7) is 0.813. The van der Waals surface area contributed by atoms with Crippen molar-refractivity contribution in [3.05, 3.63) is 45.9 Å². The van der Waals surface area contributed by atoms with Gasteiger partial charge in [-0.3, -0.25) is 4.79 Å². The Labute approximate surface area is 128 Å². The van der Waals surface area contributed by atoms with Crippen LogP contribution in [0.15, 0.2) is 29.6 Å². The Balaban J connectivity index is 1.88. The third kappa shape index (κ3) is 5.03. The van der Waals surface area contributed by atoms with E-state index in [0.29, 0.717) is 12.1 Å². The van der Waals surface area contributed by atoms with Crippen LogP contribution in [0.3, 0.4) is 0 Å². The van der Waals surface area contributed by atoms with Gasteiger partial charge in [-0.05, 0) is 31.2 Å². The van der Waals surface area contributed by atoms with Crippen LogP contribution in [-0.4, -0.2) is 23.7 Å². The van der Waals surface area contributed by atoms with Crippen LogP contribution in [-0.2, 0) is 6.54 Å². The Kier molecular flexibility index (Phi) is 5.02. The van der Waals surface area contributed by atoms with Gasteiger partial charge in [0.1, 0.15) is 10.8 Å². The Morgan fingerprint density at radius 3 is 2.55 bits per heavy atom. The smallest absolute Gasteiger partial charge is 0.422 e. The van der Waals surface area contributed by atoms with Crippen molar-refractivity contribution in [2.75, 3.05) is 6.61 Å². The minimum atomic E-state index is -4.39. The third-order valence-electron chi connectivity index (χ3n) is 2.59. The lowest BCUT2D eigenvalue weighted by Crippen LogP contribution is -2.22. The van der Waals surface area contributed by atoms with Crippen molar-refractivity contribution in [2.45, 2.75) is 19.6 Å². The molecule has 0 atom stereocenters. The molecule has 118 valence electrons. The normalized spacial score (nSPS) is 11.3. The van der Waals surface area contributed by atoms with Gasteiger partial charge in [0, 0.05) is 16.6 Å². The second kappa shape index (κ2) is 6.78. The van der Waals surface area contributed by atoms with Crippen molar-refractivity contribution in [3.8, 4) is 5.75 Å². The number of benzene rings is 1. The van der Waals surface area contributed by atoms with Crippen LogP contribution in [0.5, 0.6) is 5.75 Å². The average Bonchev–Trinajstić information content (AvgIpc) is 2.88. The maximum absolute atomic E-state index is 12.0. The van der Waals surface area contributed by atoms with Crippen molar-refractivity contribution in [1.29, 1.82) is 0 Å². The number of nitrogens with zero attached hydrogens (tertiary/aromatic N) is 1. The molecule has 0 fully saturated rings. The molecule has 0 aliphatic carbocycles. The van der Waals surface area contributed by atoms with Gasteiger partial charge >= 0.3 is 6.18 Å². The van der Waals surface area contributed by atoms with E-state index in [9.17, 15) is 18.0 Å². The lowest BCUT2D eigenvalue weighted by Gasteiger charge is -2.09. The summed E-state index contributed by atoms with van der Waals surface area (Å²) in [5, 5.41) is 5.36. The zero-order chi connectivity index (χ0) is 16.2. The predicted octanol–water partition coefficient (Wildman–Crippen LogP) is 3.32.